The minimum atomic E-state index is -3.64. The standard InChI is InChI=1S/C37H30N2O9S/c1-21(40)36-20-37(36)26-18-27(41)30-31(32(26)39-28(36)11-7-2-3-8-12-29(37)42)33(43)24-14-13-22(17-25(24)34(30)44)19-38-35(45)48-15-16-49(46,47)23-9-5-4-6-10-23/h2-6,9-10,13-14,17-18,21,28-29,39-42H,15-16,19-20H2,1H3,(H,38,45)/b3-2-/t21-,28+,29-,36-,37-/m1/s1. The highest BCUT2D eigenvalue weighted by Crippen LogP contribution is 2.74. The third kappa shape index (κ3) is 4.91. The van der Waals surface area contributed by atoms with Crippen molar-refractivity contribution < 1.29 is 42.9 Å². The second kappa shape index (κ2) is 11.6. The van der Waals surface area contributed by atoms with Crippen molar-refractivity contribution in [3.05, 3.63) is 100 Å². The molecule has 0 spiro atoms. The van der Waals surface area contributed by atoms with E-state index in [0.717, 1.165) is 0 Å². The van der Waals surface area contributed by atoms with Crippen molar-refractivity contribution in [3.8, 4) is 29.4 Å². The van der Waals surface area contributed by atoms with Crippen LogP contribution >= 0.6 is 0 Å². The van der Waals surface area contributed by atoms with Gasteiger partial charge in [-0.1, -0.05) is 47.9 Å². The second-order valence-electron chi connectivity index (χ2n) is 12.5. The molecular formula is C37H30N2O9S. The van der Waals surface area contributed by atoms with Crippen molar-refractivity contribution in [2.24, 2.45) is 5.41 Å². The van der Waals surface area contributed by atoms with Crippen LogP contribution in [-0.4, -0.2) is 72.0 Å². The lowest BCUT2D eigenvalue weighted by Gasteiger charge is -2.42. The number of phenolic OH excluding ortho intramolecular Hbond substituents is 1. The number of benzene rings is 3. The Morgan fingerprint density at radius 1 is 1.04 bits per heavy atom. The van der Waals surface area contributed by atoms with Gasteiger partial charge < -0.3 is 30.7 Å². The Morgan fingerprint density at radius 2 is 1.76 bits per heavy atom. The first-order valence-corrected chi connectivity index (χ1v) is 17.2. The molecule has 5 N–H and O–H groups in total. The van der Waals surface area contributed by atoms with Crippen molar-refractivity contribution in [1.29, 1.82) is 0 Å². The molecule has 0 saturated heterocycles. The van der Waals surface area contributed by atoms with Crippen LogP contribution in [0.4, 0.5) is 10.5 Å². The fourth-order valence-electron chi connectivity index (χ4n) is 7.49. The fraction of sp³-hybridized carbons (Fsp3) is 0.270. The summed E-state index contributed by atoms with van der Waals surface area (Å²) in [6.45, 7) is 1.14. The number of aromatic hydroxyl groups is 1. The Morgan fingerprint density at radius 3 is 2.49 bits per heavy atom. The summed E-state index contributed by atoms with van der Waals surface area (Å²) in [6.07, 6.45) is 0.218. The SMILES string of the molecule is C[C@@H](O)[C@@]12C[C@]13c1cc(O)c4c(c1N[C@H]2C#C/C=C\C#C[C@H]3O)C(=O)c1ccc(CNC(=O)OCCS(=O)(=O)c2ccccc2)cc1C4=O. The normalized spacial score (nSPS) is 25.2. The molecule has 1 heterocycles. The van der Waals surface area contributed by atoms with Gasteiger partial charge in [-0.25, -0.2) is 13.2 Å². The van der Waals surface area contributed by atoms with E-state index in [9.17, 15) is 38.1 Å². The van der Waals surface area contributed by atoms with Gasteiger partial charge in [0.15, 0.2) is 21.4 Å². The molecular weight excluding hydrogens is 648 g/mol. The first-order chi connectivity index (χ1) is 23.4. The van der Waals surface area contributed by atoms with E-state index in [4.69, 9.17) is 4.74 Å². The van der Waals surface area contributed by atoms with E-state index in [-0.39, 0.29) is 52.4 Å². The number of alkyl carbamates (subject to hydrolysis) is 1. The van der Waals surface area contributed by atoms with Gasteiger partial charge in [0.25, 0.3) is 0 Å². The van der Waals surface area contributed by atoms with Crippen molar-refractivity contribution in [1.82, 2.24) is 5.32 Å². The molecule has 0 radical (unpaired) electrons. The lowest BCUT2D eigenvalue weighted by atomic mass is 9.69. The van der Waals surface area contributed by atoms with E-state index < -0.39 is 68.1 Å². The van der Waals surface area contributed by atoms with Crippen LogP contribution in [0.15, 0.2) is 71.6 Å². The minimum Gasteiger partial charge on any atom is -0.507 e. The Labute approximate surface area is 281 Å². The molecule has 1 fully saturated rings. The van der Waals surface area contributed by atoms with Gasteiger partial charge in [0.1, 0.15) is 18.5 Å². The first-order valence-electron chi connectivity index (χ1n) is 15.5. The fourth-order valence-corrected chi connectivity index (χ4v) is 8.60. The molecule has 0 unspecified atom stereocenters. The predicted molar refractivity (Wildman–Crippen MR) is 177 cm³/mol. The summed E-state index contributed by atoms with van der Waals surface area (Å²) in [7, 11) is -3.64. The van der Waals surface area contributed by atoms with E-state index in [2.05, 4.69) is 34.3 Å². The molecule has 4 aliphatic rings. The number of sulfone groups is 1. The quantitative estimate of drug-likeness (QED) is 0.144. The summed E-state index contributed by atoms with van der Waals surface area (Å²) >= 11 is 0. The third-order valence-corrected chi connectivity index (χ3v) is 11.6. The van der Waals surface area contributed by atoms with E-state index in [1.54, 1.807) is 31.2 Å². The molecule has 1 saturated carbocycles. The number of aliphatic hydroxyl groups excluding tert-OH is 2. The van der Waals surface area contributed by atoms with Gasteiger partial charge in [-0.15, -0.1) is 0 Å². The van der Waals surface area contributed by atoms with Gasteiger partial charge in [-0.05, 0) is 67.0 Å². The summed E-state index contributed by atoms with van der Waals surface area (Å²) < 4.78 is 29.9. The number of aliphatic hydroxyl groups is 2. The number of carbonyl (C=O) groups excluding carboxylic acids is 3. The number of ether oxygens (including phenoxy) is 1. The summed E-state index contributed by atoms with van der Waals surface area (Å²) in [6, 6.07) is 12.9. The topological polar surface area (TPSA) is 179 Å². The largest absolute Gasteiger partial charge is 0.507 e. The molecule has 11 nitrogen and oxygen atoms in total. The zero-order valence-corrected chi connectivity index (χ0v) is 26.9. The number of allylic oxidation sites excluding steroid dienone is 2. The van der Waals surface area contributed by atoms with Crippen LogP contribution in [0.3, 0.4) is 0 Å². The van der Waals surface area contributed by atoms with Crippen LogP contribution in [0.5, 0.6) is 5.75 Å². The number of carbonyl (C=O) groups is 3. The van der Waals surface area contributed by atoms with Crippen LogP contribution in [-0.2, 0) is 26.5 Å². The molecule has 3 aromatic carbocycles. The molecule has 12 heteroatoms. The maximum Gasteiger partial charge on any atom is 0.407 e. The summed E-state index contributed by atoms with van der Waals surface area (Å²) in [4.78, 5) is 40.5. The van der Waals surface area contributed by atoms with Crippen molar-refractivity contribution >= 4 is 33.2 Å². The van der Waals surface area contributed by atoms with Crippen LogP contribution in [0.1, 0.15) is 56.3 Å². The van der Waals surface area contributed by atoms with Crippen LogP contribution in [0.25, 0.3) is 0 Å². The zero-order valence-electron chi connectivity index (χ0n) is 26.1. The summed E-state index contributed by atoms with van der Waals surface area (Å²) in [5.74, 6) is 9.57. The molecule has 3 aromatic rings. The Kier molecular flexibility index (Phi) is 7.64. The van der Waals surface area contributed by atoms with E-state index in [0.29, 0.717) is 11.1 Å². The van der Waals surface area contributed by atoms with Gasteiger partial charge in [-0.2, -0.15) is 0 Å². The third-order valence-electron chi connectivity index (χ3n) is 9.93. The first kappa shape index (κ1) is 32.2. The second-order valence-corrected chi connectivity index (χ2v) is 14.6. The maximum absolute atomic E-state index is 14.1. The van der Waals surface area contributed by atoms with Gasteiger partial charge in [-0.3, -0.25) is 9.59 Å². The molecule has 3 aliphatic carbocycles. The Bertz CT molecular complexity index is 2220. The van der Waals surface area contributed by atoms with Gasteiger partial charge >= 0.3 is 6.09 Å². The van der Waals surface area contributed by atoms with Crippen molar-refractivity contribution in [2.45, 2.75) is 48.4 Å². The zero-order chi connectivity index (χ0) is 34.7. The number of phenols is 1. The molecule has 49 heavy (non-hydrogen) atoms. The Balaban J connectivity index is 1.15. The lowest BCUT2D eigenvalue weighted by molar-refractivity contribution is 0.0603. The highest BCUT2D eigenvalue weighted by atomic mass is 32.2. The highest BCUT2D eigenvalue weighted by Gasteiger charge is 2.79. The van der Waals surface area contributed by atoms with Gasteiger partial charge in [0.2, 0.25) is 0 Å². The summed E-state index contributed by atoms with van der Waals surface area (Å²) in [5, 5.41) is 39.6. The van der Waals surface area contributed by atoms with Crippen molar-refractivity contribution in [2.75, 3.05) is 17.7 Å². The number of anilines is 1. The predicted octanol–water partition coefficient (Wildman–Crippen LogP) is 2.61. The molecule has 7 rings (SSSR count). The number of nitrogens with one attached hydrogen (secondary N) is 2. The molecule has 0 aromatic heterocycles. The van der Waals surface area contributed by atoms with Gasteiger partial charge in [0, 0.05) is 28.5 Å². The number of hydrogen-bond donors (Lipinski definition) is 5. The van der Waals surface area contributed by atoms with E-state index in [1.165, 1.54) is 42.5 Å². The molecule has 248 valence electrons. The smallest absolute Gasteiger partial charge is 0.407 e. The van der Waals surface area contributed by atoms with Crippen LogP contribution < -0.4 is 10.6 Å². The average Bonchev–Trinajstić information content (AvgIpc) is 3.82. The monoisotopic (exact) mass is 678 g/mol. The maximum atomic E-state index is 14.1. The minimum absolute atomic E-state index is 0.0198. The number of fused-ring (bicyclic) bond motifs is 4. The lowest BCUT2D eigenvalue weighted by Crippen LogP contribution is -2.50. The highest BCUT2D eigenvalue weighted by molar-refractivity contribution is 7.91. The molecule has 5 atom stereocenters. The van der Waals surface area contributed by atoms with Crippen molar-refractivity contribution in [3.63, 3.8) is 0 Å². The Hall–Kier alpha value is -5.40. The molecule has 1 amide bonds. The van der Waals surface area contributed by atoms with E-state index in [1.807, 2.05) is 0 Å². The number of amides is 1. The summed E-state index contributed by atoms with van der Waals surface area (Å²) in [5.41, 5.74) is -1.26. The van der Waals surface area contributed by atoms with E-state index >= 15 is 0 Å². The van der Waals surface area contributed by atoms with Crippen LogP contribution in [0, 0.1) is 29.1 Å². The average molecular weight is 679 g/mol. The molecule has 2 bridgehead atoms. The number of hydrogen-bond acceptors (Lipinski definition) is 10. The number of ketones is 2. The van der Waals surface area contributed by atoms with Gasteiger partial charge in [0.05, 0.1) is 39.6 Å². The molecule has 1 aliphatic heterocycles. The van der Waals surface area contributed by atoms with Crippen LogP contribution in [0.2, 0.25) is 0 Å². The number of rotatable bonds is 7.